The standard InChI is InChI=1S/C28H24F2N2O2/c1-2-31-17-25(22-5-3-4-6-26(22)31)19-13-14-32(16-19)28(34)23-12-11-21(30)15-24(23)27(33)18-7-9-20(29)10-8-18/h3-12,15,17,19H,2,13-14,16H2,1H3. The lowest BCUT2D eigenvalue weighted by atomic mass is 9.97. The first-order valence-corrected chi connectivity index (χ1v) is 11.4. The molecule has 1 amide bonds. The maximum Gasteiger partial charge on any atom is 0.254 e. The molecule has 4 aromatic rings. The number of aromatic nitrogens is 1. The van der Waals surface area contributed by atoms with Crippen LogP contribution in [0.3, 0.4) is 0 Å². The summed E-state index contributed by atoms with van der Waals surface area (Å²) >= 11 is 0. The maximum absolute atomic E-state index is 14.1. The summed E-state index contributed by atoms with van der Waals surface area (Å²) in [6.45, 7) is 4.05. The van der Waals surface area contributed by atoms with E-state index in [0.717, 1.165) is 19.0 Å². The van der Waals surface area contributed by atoms with Gasteiger partial charge in [0.2, 0.25) is 0 Å². The molecule has 172 valence electrons. The highest BCUT2D eigenvalue weighted by Gasteiger charge is 2.31. The third kappa shape index (κ3) is 3.89. The largest absolute Gasteiger partial charge is 0.347 e. The number of halogens is 2. The lowest BCUT2D eigenvalue weighted by Gasteiger charge is -2.18. The smallest absolute Gasteiger partial charge is 0.254 e. The average molecular weight is 459 g/mol. The summed E-state index contributed by atoms with van der Waals surface area (Å²) in [5, 5.41) is 1.19. The summed E-state index contributed by atoms with van der Waals surface area (Å²) < 4.78 is 29.6. The number of amides is 1. The van der Waals surface area contributed by atoms with E-state index in [9.17, 15) is 18.4 Å². The SMILES string of the molecule is CCn1cc(C2CCN(C(=O)c3ccc(F)cc3C(=O)c3ccc(F)cc3)C2)c2ccccc21. The van der Waals surface area contributed by atoms with Gasteiger partial charge in [-0.2, -0.15) is 0 Å². The molecule has 1 fully saturated rings. The first-order chi connectivity index (χ1) is 16.5. The molecule has 0 aliphatic carbocycles. The normalized spacial score (nSPS) is 15.7. The molecule has 1 aliphatic heterocycles. The number of hydrogen-bond acceptors (Lipinski definition) is 2. The Balaban J connectivity index is 1.43. The van der Waals surface area contributed by atoms with Gasteiger partial charge in [-0.25, -0.2) is 8.78 Å². The quantitative estimate of drug-likeness (QED) is 0.355. The maximum atomic E-state index is 14.1. The van der Waals surface area contributed by atoms with Crippen LogP contribution in [0.25, 0.3) is 10.9 Å². The Bertz CT molecular complexity index is 1390. The van der Waals surface area contributed by atoms with Crippen LogP contribution in [0.4, 0.5) is 8.78 Å². The lowest BCUT2D eigenvalue weighted by molar-refractivity contribution is 0.0786. The van der Waals surface area contributed by atoms with E-state index in [1.807, 2.05) is 12.1 Å². The molecule has 0 bridgehead atoms. The molecule has 3 aromatic carbocycles. The molecule has 1 atom stereocenters. The molecule has 0 radical (unpaired) electrons. The highest BCUT2D eigenvalue weighted by atomic mass is 19.1. The van der Waals surface area contributed by atoms with Crippen molar-refractivity contribution in [3.8, 4) is 0 Å². The minimum atomic E-state index is -0.603. The molecular weight excluding hydrogens is 434 g/mol. The van der Waals surface area contributed by atoms with Crippen LogP contribution < -0.4 is 0 Å². The summed E-state index contributed by atoms with van der Waals surface area (Å²) in [6, 6.07) is 16.9. The van der Waals surface area contributed by atoms with Gasteiger partial charge < -0.3 is 9.47 Å². The second-order valence-electron chi connectivity index (χ2n) is 8.65. The number of likely N-dealkylation sites (tertiary alicyclic amines) is 1. The molecule has 0 spiro atoms. The summed E-state index contributed by atoms with van der Waals surface area (Å²) in [5.74, 6) is -1.71. The minimum absolute atomic E-state index is 0.0114. The van der Waals surface area contributed by atoms with Gasteiger partial charge in [-0.05, 0) is 67.4 Å². The van der Waals surface area contributed by atoms with Crippen LogP contribution in [-0.2, 0) is 6.54 Å². The highest BCUT2D eigenvalue weighted by Crippen LogP contribution is 2.34. The van der Waals surface area contributed by atoms with E-state index in [0.29, 0.717) is 13.1 Å². The third-order valence-electron chi connectivity index (χ3n) is 6.64. The Hall–Kier alpha value is -3.80. The van der Waals surface area contributed by atoms with E-state index in [4.69, 9.17) is 0 Å². The van der Waals surface area contributed by atoms with Crippen LogP contribution in [-0.4, -0.2) is 34.2 Å². The summed E-state index contributed by atoms with van der Waals surface area (Å²) in [4.78, 5) is 28.2. The van der Waals surface area contributed by atoms with E-state index in [1.54, 1.807) is 4.90 Å². The number of benzene rings is 3. The monoisotopic (exact) mass is 458 g/mol. The van der Waals surface area contributed by atoms with Crippen LogP contribution in [0.1, 0.15) is 51.1 Å². The third-order valence-corrected chi connectivity index (χ3v) is 6.64. The van der Waals surface area contributed by atoms with Crippen molar-refractivity contribution < 1.29 is 18.4 Å². The molecule has 2 heterocycles. The second-order valence-corrected chi connectivity index (χ2v) is 8.65. The van der Waals surface area contributed by atoms with Crippen LogP contribution >= 0.6 is 0 Å². The molecule has 1 unspecified atom stereocenters. The van der Waals surface area contributed by atoms with Crippen LogP contribution in [0.2, 0.25) is 0 Å². The minimum Gasteiger partial charge on any atom is -0.347 e. The predicted octanol–water partition coefficient (Wildman–Crippen LogP) is 5.80. The summed E-state index contributed by atoms with van der Waals surface area (Å²) in [7, 11) is 0. The highest BCUT2D eigenvalue weighted by molar-refractivity contribution is 6.15. The lowest BCUT2D eigenvalue weighted by Crippen LogP contribution is -2.30. The van der Waals surface area contributed by atoms with Crippen molar-refractivity contribution in [3.63, 3.8) is 0 Å². The van der Waals surface area contributed by atoms with Crippen molar-refractivity contribution in [1.82, 2.24) is 9.47 Å². The number of aryl methyl sites for hydroxylation is 1. The molecule has 34 heavy (non-hydrogen) atoms. The van der Waals surface area contributed by atoms with Gasteiger partial charge in [0.1, 0.15) is 11.6 Å². The fraction of sp³-hybridized carbons (Fsp3) is 0.214. The zero-order valence-corrected chi connectivity index (χ0v) is 18.8. The van der Waals surface area contributed by atoms with Gasteiger partial charge in [-0.1, -0.05) is 18.2 Å². The van der Waals surface area contributed by atoms with Crippen LogP contribution in [0.15, 0.2) is 72.9 Å². The molecule has 0 N–H and O–H groups in total. The van der Waals surface area contributed by atoms with Gasteiger partial charge in [0.15, 0.2) is 5.78 Å². The van der Waals surface area contributed by atoms with Gasteiger partial charge in [-0.3, -0.25) is 9.59 Å². The fourth-order valence-corrected chi connectivity index (χ4v) is 4.88. The van der Waals surface area contributed by atoms with Crippen molar-refractivity contribution >= 4 is 22.6 Å². The Labute approximate surface area is 196 Å². The Morgan fingerprint density at radius 2 is 1.68 bits per heavy atom. The van der Waals surface area contributed by atoms with Gasteiger partial charge >= 0.3 is 0 Å². The summed E-state index contributed by atoms with van der Waals surface area (Å²) in [5.41, 5.74) is 2.74. The molecule has 1 aromatic heterocycles. The zero-order valence-electron chi connectivity index (χ0n) is 18.8. The van der Waals surface area contributed by atoms with E-state index >= 15 is 0 Å². The Kier molecular flexibility index (Phi) is 5.74. The topological polar surface area (TPSA) is 42.3 Å². The number of carbonyl (C=O) groups excluding carboxylic acids is 2. The predicted molar refractivity (Wildman–Crippen MR) is 127 cm³/mol. The van der Waals surface area contributed by atoms with Crippen LogP contribution in [0, 0.1) is 11.6 Å². The van der Waals surface area contributed by atoms with E-state index in [1.165, 1.54) is 52.9 Å². The molecule has 4 nitrogen and oxygen atoms in total. The van der Waals surface area contributed by atoms with Crippen molar-refractivity contribution in [3.05, 3.63) is 107 Å². The van der Waals surface area contributed by atoms with Crippen molar-refractivity contribution in [2.45, 2.75) is 25.8 Å². The van der Waals surface area contributed by atoms with Gasteiger partial charge in [0.25, 0.3) is 5.91 Å². The second kappa shape index (κ2) is 8.86. The number of nitrogens with zero attached hydrogens (tertiary/aromatic N) is 2. The molecular formula is C28H24F2N2O2. The Morgan fingerprint density at radius 3 is 2.44 bits per heavy atom. The first-order valence-electron chi connectivity index (χ1n) is 11.4. The summed E-state index contributed by atoms with van der Waals surface area (Å²) in [6.07, 6.45) is 2.98. The molecule has 1 aliphatic rings. The average Bonchev–Trinajstić information content (AvgIpc) is 3.48. The number of ketones is 1. The molecule has 5 rings (SSSR count). The van der Waals surface area contributed by atoms with Gasteiger partial charge in [-0.15, -0.1) is 0 Å². The molecule has 1 saturated heterocycles. The van der Waals surface area contributed by atoms with Crippen molar-refractivity contribution in [2.24, 2.45) is 0 Å². The number of hydrogen-bond donors (Lipinski definition) is 0. The first kappa shape index (κ1) is 22.0. The number of para-hydroxylation sites is 1. The van der Waals surface area contributed by atoms with E-state index in [2.05, 4.69) is 29.8 Å². The van der Waals surface area contributed by atoms with Crippen molar-refractivity contribution in [2.75, 3.05) is 13.1 Å². The number of carbonyl (C=O) groups is 2. The van der Waals surface area contributed by atoms with Crippen molar-refractivity contribution in [1.29, 1.82) is 0 Å². The van der Waals surface area contributed by atoms with Gasteiger partial charge in [0, 0.05) is 53.8 Å². The van der Waals surface area contributed by atoms with E-state index < -0.39 is 17.4 Å². The van der Waals surface area contributed by atoms with Crippen LogP contribution in [0.5, 0.6) is 0 Å². The van der Waals surface area contributed by atoms with E-state index in [-0.39, 0.29) is 28.5 Å². The zero-order chi connectivity index (χ0) is 23.8. The molecule has 0 saturated carbocycles. The number of rotatable bonds is 5. The molecule has 6 heteroatoms. The number of fused-ring (bicyclic) bond motifs is 1. The fourth-order valence-electron chi connectivity index (χ4n) is 4.88. The Morgan fingerprint density at radius 1 is 0.941 bits per heavy atom. The van der Waals surface area contributed by atoms with Gasteiger partial charge in [0.05, 0.1) is 5.56 Å².